The minimum Gasteiger partial charge on any atom is -0.347 e. The van der Waals surface area contributed by atoms with Gasteiger partial charge in [-0.15, -0.1) is 0 Å². The molecule has 4 rings (SSSR count). The molecule has 4 heterocycles. The predicted octanol–water partition coefficient (Wildman–Crippen LogP) is 2.24. The van der Waals surface area contributed by atoms with Gasteiger partial charge in [-0.3, -0.25) is 14.3 Å². The predicted molar refractivity (Wildman–Crippen MR) is 95.3 cm³/mol. The maximum atomic E-state index is 6.49. The van der Waals surface area contributed by atoms with E-state index in [9.17, 15) is 0 Å². The highest BCUT2D eigenvalue weighted by molar-refractivity contribution is 6.30. The number of hydrogen-bond acceptors (Lipinski definition) is 4. The number of halogens is 1. The summed E-state index contributed by atoms with van der Waals surface area (Å²) in [5.74, 6) is 0.212. The summed E-state index contributed by atoms with van der Waals surface area (Å²) in [4.78, 5) is 10.3. The largest absolute Gasteiger partial charge is 0.347 e. The van der Waals surface area contributed by atoms with E-state index in [2.05, 4.69) is 38.2 Å². The van der Waals surface area contributed by atoms with Crippen LogP contribution in [0.1, 0.15) is 41.1 Å². The van der Waals surface area contributed by atoms with Gasteiger partial charge in [0.2, 0.25) is 0 Å². The van der Waals surface area contributed by atoms with E-state index in [1.54, 1.807) is 11.0 Å². The summed E-state index contributed by atoms with van der Waals surface area (Å²) >= 11 is 6.49. The first kappa shape index (κ1) is 16.4. The van der Waals surface area contributed by atoms with E-state index in [0.29, 0.717) is 0 Å². The summed E-state index contributed by atoms with van der Waals surface area (Å²) < 4.78 is 3.60. The van der Waals surface area contributed by atoms with Crippen molar-refractivity contribution in [2.75, 3.05) is 6.54 Å². The Hall–Kier alpha value is -2.12. The number of aromatic amines is 1. The third-order valence-electron chi connectivity index (χ3n) is 4.90. The summed E-state index contributed by atoms with van der Waals surface area (Å²) in [6.07, 6.45) is 6.67. The molecular weight excluding hydrogens is 338 g/mol. The average molecular weight is 360 g/mol. The maximum absolute atomic E-state index is 6.49. The number of aromatic nitrogens is 6. The molecule has 0 saturated heterocycles. The Morgan fingerprint density at radius 1 is 1.36 bits per heavy atom. The highest BCUT2D eigenvalue weighted by Crippen LogP contribution is 2.33. The molecule has 1 atom stereocenters. The molecule has 1 aliphatic rings. The zero-order valence-corrected chi connectivity index (χ0v) is 15.5. The van der Waals surface area contributed by atoms with Gasteiger partial charge in [0.25, 0.3) is 0 Å². The van der Waals surface area contributed by atoms with Crippen LogP contribution >= 0.6 is 11.6 Å². The monoisotopic (exact) mass is 359 g/mol. The van der Waals surface area contributed by atoms with Crippen molar-refractivity contribution in [1.29, 1.82) is 0 Å². The van der Waals surface area contributed by atoms with Gasteiger partial charge in [0.05, 0.1) is 29.6 Å². The topological polar surface area (TPSA) is 67.6 Å². The van der Waals surface area contributed by atoms with Crippen molar-refractivity contribution in [2.45, 2.75) is 32.4 Å². The number of aryl methyl sites for hydroxylation is 3. The van der Waals surface area contributed by atoms with Gasteiger partial charge in [-0.05, 0) is 6.42 Å². The van der Waals surface area contributed by atoms with Crippen molar-refractivity contribution >= 4 is 11.6 Å². The second-order valence-corrected chi connectivity index (χ2v) is 6.99. The van der Waals surface area contributed by atoms with Gasteiger partial charge in [0.1, 0.15) is 5.15 Å². The van der Waals surface area contributed by atoms with E-state index < -0.39 is 0 Å². The van der Waals surface area contributed by atoms with E-state index in [1.807, 2.05) is 25.0 Å². The molecule has 0 aromatic carbocycles. The molecule has 0 fully saturated rings. The smallest absolute Gasteiger partial charge is 0.131 e. The van der Waals surface area contributed by atoms with Crippen LogP contribution in [0.2, 0.25) is 5.15 Å². The number of nitrogens with one attached hydrogen (secondary N) is 1. The van der Waals surface area contributed by atoms with Crippen molar-refractivity contribution in [3.8, 4) is 0 Å². The molecule has 0 amide bonds. The molecule has 0 saturated carbocycles. The van der Waals surface area contributed by atoms with Gasteiger partial charge in [0.15, 0.2) is 0 Å². The van der Waals surface area contributed by atoms with Crippen LogP contribution in [0.4, 0.5) is 0 Å². The average Bonchev–Trinajstić information content (AvgIpc) is 3.30. The molecule has 8 heteroatoms. The molecule has 1 aliphatic heterocycles. The van der Waals surface area contributed by atoms with Gasteiger partial charge in [0, 0.05) is 57.0 Å². The van der Waals surface area contributed by atoms with Gasteiger partial charge in [-0.2, -0.15) is 10.2 Å². The number of imidazole rings is 1. The van der Waals surface area contributed by atoms with Crippen molar-refractivity contribution in [1.82, 2.24) is 34.4 Å². The van der Waals surface area contributed by atoms with Gasteiger partial charge in [-0.25, -0.2) is 4.98 Å². The fourth-order valence-electron chi connectivity index (χ4n) is 3.66. The standard InChI is InChI=1S/C17H22ClN7/c1-4-14-13(17(18)24(3)22-14)8-25-7-12(11-5-21-23(2)6-11)16-15(9-25)19-10-20-16/h5-6,10,12H,4,7-9H2,1-3H3,(H,19,20). The van der Waals surface area contributed by atoms with Gasteiger partial charge >= 0.3 is 0 Å². The van der Waals surface area contributed by atoms with Crippen LogP contribution in [-0.2, 0) is 33.6 Å². The molecule has 7 nitrogen and oxygen atoms in total. The van der Waals surface area contributed by atoms with Crippen molar-refractivity contribution < 1.29 is 0 Å². The zero-order chi connectivity index (χ0) is 17.6. The lowest BCUT2D eigenvalue weighted by Gasteiger charge is -2.31. The zero-order valence-electron chi connectivity index (χ0n) is 14.7. The molecule has 1 N–H and O–H groups in total. The van der Waals surface area contributed by atoms with E-state index in [0.717, 1.165) is 53.9 Å². The minimum atomic E-state index is 0.212. The highest BCUT2D eigenvalue weighted by atomic mass is 35.5. The maximum Gasteiger partial charge on any atom is 0.131 e. The van der Waals surface area contributed by atoms with Crippen molar-refractivity contribution in [3.05, 3.63) is 52.1 Å². The lowest BCUT2D eigenvalue weighted by molar-refractivity contribution is 0.227. The molecule has 132 valence electrons. The Morgan fingerprint density at radius 2 is 2.20 bits per heavy atom. The van der Waals surface area contributed by atoms with E-state index >= 15 is 0 Å². The van der Waals surface area contributed by atoms with Crippen LogP contribution in [0.5, 0.6) is 0 Å². The van der Waals surface area contributed by atoms with Gasteiger partial charge < -0.3 is 4.98 Å². The van der Waals surface area contributed by atoms with E-state index in [-0.39, 0.29) is 5.92 Å². The molecule has 0 aliphatic carbocycles. The van der Waals surface area contributed by atoms with Crippen LogP contribution in [0.25, 0.3) is 0 Å². The first-order valence-electron chi connectivity index (χ1n) is 8.50. The number of nitrogens with zero attached hydrogens (tertiary/aromatic N) is 6. The number of fused-ring (bicyclic) bond motifs is 1. The highest BCUT2D eigenvalue weighted by Gasteiger charge is 2.30. The SMILES string of the molecule is CCc1nn(C)c(Cl)c1CN1Cc2[nH]cnc2C(c2cnn(C)c2)C1. The molecule has 3 aromatic rings. The molecule has 1 unspecified atom stereocenters. The summed E-state index contributed by atoms with van der Waals surface area (Å²) in [5.41, 5.74) is 5.67. The Balaban J connectivity index is 1.65. The molecule has 0 radical (unpaired) electrons. The van der Waals surface area contributed by atoms with Crippen LogP contribution in [-0.4, -0.2) is 41.0 Å². The Kier molecular flexibility index (Phi) is 4.13. The summed E-state index contributed by atoms with van der Waals surface area (Å²) in [7, 11) is 3.84. The number of rotatable bonds is 4. The summed E-state index contributed by atoms with van der Waals surface area (Å²) in [6, 6.07) is 0. The fourth-order valence-corrected chi connectivity index (χ4v) is 3.87. The van der Waals surface area contributed by atoms with E-state index in [1.165, 1.54) is 5.56 Å². The Morgan fingerprint density at radius 3 is 2.92 bits per heavy atom. The first-order chi connectivity index (χ1) is 12.1. The summed E-state index contributed by atoms with van der Waals surface area (Å²) in [5, 5.41) is 9.59. The normalized spacial score (nSPS) is 17.8. The Labute approximate surface area is 151 Å². The second kappa shape index (κ2) is 6.31. The van der Waals surface area contributed by atoms with Crippen LogP contribution in [0.3, 0.4) is 0 Å². The molecule has 3 aromatic heterocycles. The summed E-state index contributed by atoms with van der Waals surface area (Å²) in [6.45, 7) is 4.62. The van der Waals surface area contributed by atoms with Crippen LogP contribution < -0.4 is 0 Å². The molecule has 0 bridgehead atoms. The van der Waals surface area contributed by atoms with Crippen molar-refractivity contribution in [2.24, 2.45) is 14.1 Å². The van der Waals surface area contributed by atoms with Crippen LogP contribution in [0.15, 0.2) is 18.7 Å². The number of hydrogen-bond donors (Lipinski definition) is 1. The second-order valence-electron chi connectivity index (χ2n) is 6.63. The molecular formula is C17H22ClN7. The molecule has 25 heavy (non-hydrogen) atoms. The van der Waals surface area contributed by atoms with Gasteiger partial charge in [-0.1, -0.05) is 18.5 Å². The van der Waals surface area contributed by atoms with Crippen LogP contribution in [0, 0.1) is 0 Å². The van der Waals surface area contributed by atoms with Crippen molar-refractivity contribution in [3.63, 3.8) is 0 Å². The van der Waals surface area contributed by atoms with E-state index in [4.69, 9.17) is 11.6 Å². The fraction of sp³-hybridized carbons (Fsp3) is 0.471. The quantitative estimate of drug-likeness (QED) is 0.775. The minimum absolute atomic E-state index is 0.212. The number of H-pyrrole nitrogens is 1. The third kappa shape index (κ3) is 2.87. The lowest BCUT2D eigenvalue weighted by atomic mass is 9.93. The third-order valence-corrected chi connectivity index (χ3v) is 5.37. The Bertz CT molecular complexity index is 891. The molecule has 0 spiro atoms. The lowest BCUT2D eigenvalue weighted by Crippen LogP contribution is -2.34. The first-order valence-corrected chi connectivity index (χ1v) is 8.87.